The zero-order valence-corrected chi connectivity index (χ0v) is 16.2. The molecule has 3 rings (SSSR count). The Bertz CT molecular complexity index is 919. The molecular weight excluding hydrogens is 354 g/mol. The SMILES string of the molecule is Cc1occc1-c1nnc(SCC(=O)Nc2cc(C(C)(C)C)no2)n1C. The Hall–Kier alpha value is -2.55. The van der Waals surface area contributed by atoms with Gasteiger partial charge in [0.1, 0.15) is 5.76 Å². The van der Waals surface area contributed by atoms with Crippen molar-refractivity contribution in [2.24, 2.45) is 7.05 Å². The molecule has 0 aromatic carbocycles. The maximum Gasteiger partial charge on any atom is 0.237 e. The molecule has 9 heteroatoms. The van der Waals surface area contributed by atoms with E-state index in [2.05, 4.69) is 20.7 Å². The Labute approximate surface area is 155 Å². The first-order valence-electron chi connectivity index (χ1n) is 8.09. The zero-order chi connectivity index (χ0) is 18.9. The maximum absolute atomic E-state index is 12.2. The largest absolute Gasteiger partial charge is 0.469 e. The number of nitrogens with zero attached hydrogens (tertiary/aromatic N) is 4. The second-order valence-corrected chi connectivity index (χ2v) is 7.86. The Morgan fingerprint density at radius 3 is 2.73 bits per heavy atom. The van der Waals surface area contributed by atoms with Crippen LogP contribution in [0.25, 0.3) is 11.4 Å². The zero-order valence-electron chi connectivity index (χ0n) is 15.4. The van der Waals surface area contributed by atoms with Gasteiger partial charge in [-0.15, -0.1) is 10.2 Å². The fourth-order valence-corrected chi connectivity index (χ4v) is 2.99. The van der Waals surface area contributed by atoms with Crippen LogP contribution in [-0.4, -0.2) is 31.6 Å². The summed E-state index contributed by atoms with van der Waals surface area (Å²) >= 11 is 1.30. The Kier molecular flexibility index (Phi) is 4.90. The van der Waals surface area contributed by atoms with Crippen molar-refractivity contribution < 1.29 is 13.7 Å². The maximum atomic E-state index is 12.2. The number of hydrogen-bond donors (Lipinski definition) is 1. The van der Waals surface area contributed by atoms with Gasteiger partial charge in [0.05, 0.1) is 23.3 Å². The molecule has 0 bridgehead atoms. The monoisotopic (exact) mass is 375 g/mol. The number of carbonyl (C=O) groups excluding carboxylic acids is 1. The van der Waals surface area contributed by atoms with E-state index < -0.39 is 0 Å². The van der Waals surface area contributed by atoms with E-state index in [-0.39, 0.29) is 17.1 Å². The quantitative estimate of drug-likeness (QED) is 0.682. The summed E-state index contributed by atoms with van der Waals surface area (Å²) in [5.41, 5.74) is 1.53. The highest BCUT2D eigenvalue weighted by Gasteiger charge is 2.20. The summed E-state index contributed by atoms with van der Waals surface area (Å²) in [5, 5.41) is 15.7. The fraction of sp³-hybridized carbons (Fsp3) is 0.412. The lowest BCUT2D eigenvalue weighted by Gasteiger charge is -2.12. The number of furan rings is 1. The number of thioether (sulfide) groups is 1. The van der Waals surface area contributed by atoms with Crippen molar-refractivity contribution in [1.82, 2.24) is 19.9 Å². The van der Waals surface area contributed by atoms with Gasteiger partial charge >= 0.3 is 0 Å². The number of hydrogen-bond acceptors (Lipinski definition) is 7. The van der Waals surface area contributed by atoms with Crippen molar-refractivity contribution in [2.75, 3.05) is 11.1 Å². The van der Waals surface area contributed by atoms with E-state index in [9.17, 15) is 4.79 Å². The smallest absolute Gasteiger partial charge is 0.237 e. The van der Waals surface area contributed by atoms with E-state index in [1.807, 2.05) is 45.4 Å². The van der Waals surface area contributed by atoms with Gasteiger partial charge in [-0.3, -0.25) is 10.1 Å². The van der Waals surface area contributed by atoms with Crippen molar-refractivity contribution >= 4 is 23.6 Å². The molecule has 0 spiro atoms. The van der Waals surface area contributed by atoms with Gasteiger partial charge in [-0.25, -0.2) is 0 Å². The van der Waals surface area contributed by atoms with Crippen LogP contribution in [0.3, 0.4) is 0 Å². The van der Waals surface area contributed by atoms with Crippen LogP contribution in [0.1, 0.15) is 32.2 Å². The van der Waals surface area contributed by atoms with Crippen molar-refractivity contribution in [2.45, 2.75) is 38.3 Å². The molecule has 0 aliphatic carbocycles. The number of nitrogens with one attached hydrogen (secondary N) is 1. The van der Waals surface area contributed by atoms with Crippen LogP contribution >= 0.6 is 11.8 Å². The first-order chi connectivity index (χ1) is 12.3. The summed E-state index contributed by atoms with van der Waals surface area (Å²) in [6, 6.07) is 3.59. The highest BCUT2D eigenvalue weighted by atomic mass is 32.2. The van der Waals surface area contributed by atoms with Gasteiger partial charge < -0.3 is 13.5 Å². The van der Waals surface area contributed by atoms with E-state index >= 15 is 0 Å². The molecule has 3 aromatic heterocycles. The molecule has 1 amide bonds. The molecule has 0 saturated carbocycles. The number of amides is 1. The molecule has 0 unspecified atom stereocenters. The first-order valence-corrected chi connectivity index (χ1v) is 9.08. The molecule has 0 aliphatic rings. The van der Waals surface area contributed by atoms with E-state index in [0.29, 0.717) is 16.9 Å². The third-order valence-electron chi connectivity index (χ3n) is 3.81. The molecule has 1 N–H and O–H groups in total. The summed E-state index contributed by atoms with van der Waals surface area (Å²) in [7, 11) is 1.86. The highest BCUT2D eigenvalue weighted by molar-refractivity contribution is 7.99. The second kappa shape index (κ2) is 6.99. The van der Waals surface area contributed by atoms with Crippen LogP contribution < -0.4 is 5.32 Å². The third kappa shape index (κ3) is 3.82. The number of aryl methyl sites for hydroxylation is 1. The molecule has 0 saturated heterocycles. The topological polar surface area (TPSA) is 99.0 Å². The fourth-order valence-electron chi connectivity index (χ4n) is 2.28. The molecule has 0 radical (unpaired) electrons. The third-order valence-corrected chi connectivity index (χ3v) is 4.83. The standard InChI is InChI=1S/C17H21N5O3S/c1-10-11(6-7-24-10)15-19-20-16(22(15)5)26-9-13(23)18-14-8-12(21-25-14)17(2,3)4/h6-8H,9H2,1-5H3,(H,18,23). The number of rotatable bonds is 5. The highest BCUT2D eigenvalue weighted by Crippen LogP contribution is 2.26. The number of carbonyl (C=O) groups is 1. The minimum Gasteiger partial charge on any atom is -0.469 e. The van der Waals surface area contributed by atoms with Crippen molar-refractivity contribution in [3.63, 3.8) is 0 Å². The molecule has 8 nitrogen and oxygen atoms in total. The van der Waals surface area contributed by atoms with E-state index in [0.717, 1.165) is 17.0 Å². The minimum atomic E-state index is -0.198. The summed E-state index contributed by atoms with van der Waals surface area (Å²) < 4.78 is 12.3. The van der Waals surface area contributed by atoms with Crippen LogP contribution in [0.2, 0.25) is 0 Å². The molecule has 0 atom stereocenters. The minimum absolute atomic E-state index is 0.137. The van der Waals surface area contributed by atoms with E-state index in [4.69, 9.17) is 8.94 Å². The van der Waals surface area contributed by atoms with Gasteiger partial charge in [-0.1, -0.05) is 37.7 Å². The number of anilines is 1. The predicted molar refractivity (Wildman–Crippen MR) is 98.0 cm³/mol. The van der Waals surface area contributed by atoms with Crippen LogP contribution in [-0.2, 0) is 17.3 Å². The Balaban J connectivity index is 1.61. The average Bonchev–Trinajstić information content (AvgIpc) is 3.26. The molecule has 3 heterocycles. The normalized spacial score (nSPS) is 11.7. The van der Waals surface area contributed by atoms with E-state index in [1.54, 1.807) is 12.3 Å². The lowest BCUT2D eigenvalue weighted by atomic mass is 9.92. The van der Waals surface area contributed by atoms with Gasteiger partial charge in [0.2, 0.25) is 11.8 Å². The number of aromatic nitrogens is 4. The van der Waals surface area contributed by atoms with E-state index in [1.165, 1.54) is 11.8 Å². The van der Waals surface area contributed by atoms with Crippen LogP contribution in [0.5, 0.6) is 0 Å². The van der Waals surface area contributed by atoms with Crippen molar-refractivity contribution in [3.05, 3.63) is 29.9 Å². The molecule has 138 valence electrons. The van der Waals surface area contributed by atoms with Crippen molar-refractivity contribution in [3.8, 4) is 11.4 Å². The molecule has 3 aromatic rings. The van der Waals surface area contributed by atoms with Gasteiger partial charge in [0.25, 0.3) is 0 Å². The lowest BCUT2D eigenvalue weighted by Crippen LogP contribution is -2.14. The van der Waals surface area contributed by atoms with Gasteiger partial charge in [0, 0.05) is 18.5 Å². The van der Waals surface area contributed by atoms with Crippen molar-refractivity contribution in [1.29, 1.82) is 0 Å². The van der Waals surface area contributed by atoms with Crippen LogP contribution in [0.15, 0.2) is 32.5 Å². The lowest BCUT2D eigenvalue weighted by molar-refractivity contribution is -0.113. The van der Waals surface area contributed by atoms with Gasteiger partial charge in [-0.2, -0.15) is 0 Å². The van der Waals surface area contributed by atoms with Gasteiger partial charge in [0.15, 0.2) is 11.0 Å². The molecule has 0 aliphatic heterocycles. The van der Waals surface area contributed by atoms with Gasteiger partial charge in [-0.05, 0) is 13.0 Å². The predicted octanol–water partition coefficient (Wildman–Crippen LogP) is 3.40. The summed E-state index contributed by atoms with van der Waals surface area (Å²) in [5.74, 6) is 1.80. The second-order valence-electron chi connectivity index (χ2n) is 6.92. The van der Waals surface area contributed by atoms with Crippen LogP contribution in [0, 0.1) is 6.92 Å². The first kappa shape index (κ1) is 18.2. The average molecular weight is 375 g/mol. The van der Waals surface area contributed by atoms with Crippen LogP contribution in [0.4, 0.5) is 5.88 Å². The summed E-state index contributed by atoms with van der Waals surface area (Å²) in [4.78, 5) is 12.2. The summed E-state index contributed by atoms with van der Waals surface area (Å²) in [6.07, 6.45) is 1.61. The Morgan fingerprint density at radius 2 is 2.12 bits per heavy atom. The Morgan fingerprint density at radius 1 is 1.35 bits per heavy atom. The molecule has 26 heavy (non-hydrogen) atoms. The molecule has 0 fully saturated rings. The summed E-state index contributed by atoms with van der Waals surface area (Å²) in [6.45, 7) is 7.95. The molecular formula is C17H21N5O3S.